The van der Waals surface area contributed by atoms with Crippen LogP contribution in [0.15, 0.2) is 11.6 Å². The van der Waals surface area contributed by atoms with Gasteiger partial charge in [-0.3, -0.25) is 0 Å². The van der Waals surface area contributed by atoms with Crippen molar-refractivity contribution in [2.75, 3.05) is 0 Å². The number of allylic oxidation sites excluding steroid dienone is 2. The molecule has 0 aliphatic heterocycles. The fourth-order valence-electron chi connectivity index (χ4n) is 4.69. The van der Waals surface area contributed by atoms with E-state index in [2.05, 4.69) is 33.8 Å². The number of aldehydes is 1. The summed E-state index contributed by atoms with van der Waals surface area (Å²) in [6, 6.07) is 0. The van der Waals surface area contributed by atoms with Gasteiger partial charge in [-0.25, -0.2) is 0 Å². The molecule has 1 fully saturated rings. The average molecular weight is 234 g/mol. The first kappa shape index (κ1) is 12.9. The van der Waals surface area contributed by atoms with Crippen LogP contribution in [0.5, 0.6) is 0 Å². The standard InChI is InChI=1S/C16H26O/c1-12-6-7-14-15(2,3)9-5-10-16(14,4)13(12)8-11-17/h6,11,13-14H,5,7-10H2,1-4H3/t13-,14-,16+/m1/s1. The number of hydrogen-bond donors (Lipinski definition) is 0. The van der Waals surface area contributed by atoms with Crippen molar-refractivity contribution in [3.05, 3.63) is 11.6 Å². The van der Waals surface area contributed by atoms with Crippen molar-refractivity contribution in [3.63, 3.8) is 0 Å². The van der Waals surface area contributed by atoms with E-state index in [1.54, 1.807) is 0 Å². The molecule has 1 nitrogen and oxygen atoms in total. The van der Waals surface area contributed by atoms with Crippen LogP contribution in [-0.2, 0) is 4.79 Å². The van der Waals surface area contributed by atoms with Crippen LogP contribution < -0.4 is 0 Å². The van der Waals surface area contributed by atoms with E-state index in [1.807, 2.05) is 0 Å². The van der Waals surface area contributed by atoms with Gasteiger partial charge in [-0.1, -0.05) is 38.8 Å². The third-order valence-electron chi connectivity index (χ3n) is 5.63. The molecule has 0 saturated heterocycles. The van der Waals surface area contributed by atoms with Crippen molar-refractivity contribution in [3.8, 4) is 0 Å². The molecule has 0 heterocycles. The van der Waals surface area contributed by atoms with E-state index in [0.717, 1.165) is 12.2 Å². The van der Waals surface area contributed by atoms with E-state index < -0.39 is 0 Å². The lowest BCUT2D eigenvalue weighted by Gasteiger charge is -2.56. The minimum atomic E-state index is 0.349. The maximum absolute atomic E-state index is 11.0. The maximum atomic E-state index is 11.0. The Bertz CT molecular complexity index is 339. The topological polar surface area (TPSA) is 17.1 Å². The summed E-state index contributed by atoms with van der Waals surface area (Å²) in [7, 11) is 0. The lowest BCUT2D eigenvalue weighted by atomic mass is 9.48. The van der Waals surface area contributed by atoms with Crippen molar-refractivity contribution in [2.45, 2.75) is 59.8 Å². The lowest BCUT2D eigenvalue weighted by Crippen LogP contribution is -2.48. The van der Waals surface area contributed by atoms with Crippen LogP contribution in [0.3, 0.4) is 0 Å². The van der Waals surface area contributed by atoms with E-state index in [4.69, 9.17) is 0 Å². The SMILES string of the molecule is CC1=CC[C@@H]2C(C)(C)CCC[C@@]2(C)[C@@H]1CC=O. The Morgan fingerprint density at radius 3 is 2.71 bits per heavy atom. The molecule has 2 aliphatic carbocycles. The molecule has 0 aromatic rings. The van der Waals surface area contributed by atoms with Gasteiger partial charge >= 0.3 is 0 Å². The van der Waals surface area contributed by atoms with Gasteiger partial charge in [0.2, 0.25) is 0 Å². The van der Waals surface area contributed by atoms with E-state index in [9.17, 15) is 4.79 Å². The van der Waals surface area contributed by atoms with Gasteiger partial charge < -0.3 is 4.79 Å². The van der Waals surface area contributed by atoms with Crippen molar-refractivity contribution in [1.82, 2.24) is 0 Å². The first-order chi connectivity index (χ1) is 7.92. The Balaban J connectivity index is 2.38. The summed E-state index contributed by atoms with van der Waals surface area (Å²) < 4.78 is 0. The van der Waals surface area contributed by atoms with E-state index in [-0.39, 0.29) is 0 Å². The van der Waals surface area contributed by atoms with Crippen LogP contribution in [0, 0.1) is 22.7 Å². The summed E-state index contributed by atoms with van der Waals surface area (Å²) in [6.07, 6.45) is 9.41. The Kier molecular flexibility index (Phi) is 3.22. The molecular weight excluding hydrogens is 208 g/mol. The van der Waals surface area contributed by atoms with Crippen molar-refractivity contribution in [2.24, 2.45) is 22.7 Å². The molecule has 0 aromatic carbocycles. The van der Waals surface area contributed by atoms with Crippen LogP contribution in [0.2, 0.25) is 0 Å². The Labute approximate surface area is 106 Å². The minimum absolute atomic E-state index is 0.349. The van der Waals surface area contributed by atoms with Crippen LogP contribution in [0.4, 0.5) is 0 Å². The second-order valence-electron chi connectivity index (χ2n) is 7.04. The van der Waals surface area contributed by atoms with Gasteiger partial charge in [-0.2, -0.15) is 0 Å². The van der Waals surface area contributed by atoms with Gasteiger partial charge in [0.15, 0.2) is 0 Å². The zero-order chi connectivity index (χ0) is 12.7. The predicted octanol–water partition coefficient (Wildman–Crippen LogP) is 4.37. The zero-order valence-electron chi connectivity index (χ0n) is 11.8. The molecule has 17 heavy (non-hydrogen) atoms. The normalized spacial score (nSPS) is 40.4. The summed E-state index contributed by atoms with van der Waals surface area (Å²) in [5, 5.41) is 0. The molecule has 1 heteroatoms. The highest BCUT2D eigenvalue weighted by atomic mass is 16.1. The van der Waals surface area contributed by atoms with Gasteiger partial charge in [0.25, 0.3) is 0 Å². The summed E-state index contributed by atoms with van der Waals surface area (Å²) in [5.41, 5.74) is 2.24. The van der Waals surface area contributed by atoms with Crippen LogP contribution in [-0.4, -0.2) is 6.29 Å². The molecule has 0 spiro atoms. The third kappa shape index (κ3) is 1.98. The minimum Gasteiger partial charge on any atom is -0.303 e. The second-order valence-corrected chi connectivity index (χ2v) is 7.04. The van der Waals surface area contributed by atoms with Gasteiger partial charge in [-0.15, -0.1) is 0 Å². The molecule has 0 unspecified atom stereocenters. The fraction of sp³-hybridized carbons (Fsp3) is 0.812. The molecule has 1 saturated carbocycles. The monoisotopic (exact) mass is 234 g/mol. The zero-order valence-corrected chi connectivity index (χ0v) is 11.8. The highest BCUT2D eigenvalue weighted by Gasteiger charge is 2.51. The maximum Gasteiger partial charge on any atom is 0.120 e. The van der Waals surface area contributed by atoms with E-state index in [1.165, 1.54) is 31.3 Å². The van der Waals surface area contributed by atoms with Gasteiger partial charge in [0, 0.05) is 6.42 Å². The van der Waals surface area contributed by atoms with Crippen molar-refractivity contribution in [1.29, 1.82) is 0 Å². The third-order valence-corrected chi connectivity index (χ3v) is 5.63. The van der Waals surface area contributed by atoms with Gasteiger partial charge in [0.1, 0.15) is 6.29 Å². The molecule has 0 radical (unpaired) electrons. The Morgan fingerprint density at radius 2 is 2.06 bits per heavy atom. The number of hydrogen-bond acceptors (Lipinski definition) is 1. The summed E-state index contributed by atoms with van der Waals surface area (Å²) in [4.78, 5) is 11.0. The van der Waals surface area contributed by atoms with Crippen molar-refractivity contribution >= 4 is 6.29 Å². The van der Waals surface area contributed by atoms with E-state index in [0.29, 0.717) is 23.2 Å². The predicted molar refractivity (Wildman–Crippen MR) is 71.8 cm³/mol. The Morgan fingerprint density at radius 1 is 1.35 bits per heavy atom. The molecule has 3 atom stereocenters. The molecule has 96 valence electrons. The quantitative estimate of drug-likeness (QED) is 0.512. The summed E-state index contributed by atoms with van der Waals surface area (Å²) in [5.74, 6) is 1.23. The van der Waals surface area contributed by atoms with Gasteiger partial charge in [-0.05, 0) is 48.9 Å². The van der Waals surface area contributed by atoms with E-state index >= 15 is 0 Å². The van der Waals surface area contributed by atoms with Crippen LogP contribution in [0.25, 0.3) is 0 Å². The molecule has 0 aromatic heterocycles. The summed E-state index contributed by atoms with van der Waals surface area (Å²) in [6.45, 7) is 9.49. The Hall–Kier alpha value is -0.590. The molecular formula is C16H26O. The van der Waals surface area contributed by atoms with Crippen LogP contribution >= 0.6 is 0 Å². The highest BCUT2D eigenvalue weighted by Crippen LogP contribution is 2.60. The largest absolute Gasteiger partial charge is 0.303 e. The molecule has 2 aliphatic rings. The highest BCUT2D eigenvalue weighted by molar-refractivity contribution is 5.51. The molecule has 0 amide bonds. The molecule has 0 N–H and O–H groups in total. The first-order valence-corrected chi connectivity index (χ1v) is 7.02. The number of carbonyl (C=O) groups is 1. The van der Waals surface area contributed by atoms with Crippen LogP contribution in [0.1, 0.15) is 59.8 Å². The van der Waals surface area contributed by atoms with Crippen molar-refractivity contribution < 1.29 is 4.79 Å². The average Bonchev–Trinajstić information content (AvgIpc) is 2.22. The van der Waals surface area contributed by atoms with Gasteiger partial charge in [0.05, 0.1) is 0 Å². The second kappa shape index (κ2) is 4.26. The smallest absolute Gasteiger partial charge is 0.120 e. The fourth-order valence-corrected chi connectivity index (χ4v) is 4.69. The lowest BCUT2D eigenvalue weighted by molar-refractivity contribution is -0.111. The number of carbonyl (C=O) groups excluding carboxylic acids is 1. The molecule has 2 rings (SSSR count). The molecule has 0 bridgehead atoms. The number of fused-ring (bicyclic) bond motifs is 1. The number of rotatable bonds is 2. The summed E-state index contributed by atoms with van der Waals surface area (Å²) >= 11 is 0. The first-order valence-electron chi connectivity index (χ1n) is 7.02.